The Bertz CT molecular complexity index is 1930. The maximum Gasteiger partial charge on any atom is 0.328 e. The number of esters is 1. The zero-order valence-corrected chi connectivity index (χ0v) is 31.0. The molecule has 1 heterocycles. The third-order valence-corrected chi connectivity index (χ3v) is 7.92. The lowest BCUT2D eigenvalue weighted by atomic mass is 9.95. The van der Waals surface area contributed by atoms with Crippen LogP contribution in [0.1, 0.15) is 44.4 Å². The van der Waals surface area contributed by atoms with Crippen LogP contribution in [0.2, 0.25) is 0 Å². The van der Waals surface area contributed by atoms with Crippen LogP contribution >= 0.6 is 0 Å². The number of aromatic nitrogens is 1. The molecule has 4 aromatic rings. The van der Waals surface area contributed by atoms with Crippen LogP contribution in [0.25, 0.3) is 17.0 Å². The fourth-order valence-electron chi connectivity index (χ4n) is 4.89. The van der Waals surface area contributed by atoms with E-state index in [9.17, 15) is 33.9 Å². The predicted octanol–water partition coefficient (Wildman–Crippen LogP) is 2.83. The highest BCUT2D eigenvalue weighted by Gasteiger charge is 2.26. The minimum Gasteiger partial charge on any atom is -0.480 e. The van der Waals surface area contributed by atoms with Crippen LogP contribution in [0.3, 0.4) is 0 Å². The van der Waals surface area contributed by atoms with E-state index in [4.69, 9.17) is 5.73 Å². The normalized spacial score (nSPS) is 12.9. The molecule has 3 unspecified atom stereocenters. The molecule has 8 N–H and O–H groups in total. The summed E-state index contributed by atoms with van der Waals surface area (Å²) in [6.07, 6.45) is 3.67. The number of carbonyl (C=O) groups excluding carboxylic acids is 5. The molecule has 14 heteroatoms. The molecule has 4 amide bonds. The molecule has 0 spiro atoms. The highest BCUT2D eigenvalue weighted by Crippen LogP contribution is 2.19. The zero-order valence-electron chi connectivity index (χ0n) is 31.0. The van der Waals surface area contributed by atoms with Crippen molar-refractivity contribution in [1.82, 2.24) is 26.3 Å². The van der Waals surface area contributed by atoms with Crippen molar-refractivity contribution < 1.29 is 38.6 Å². The Morgan fingerprint density at radius 3 is 2.06 bits per heavy atom. The lowest BCUT2D eigenvalue weighted by molar-refractivity contribution is -0.145. The molecule has 0 aliphatic heterocycles. The van der Waals surface area contributed by atoms with Crippen LogP contribution in [-0.2, 0) is 46.3 Å². The van der Waals surface area contributed by atoms with E-state index in [1.165, 1.54) is 13.2 Å². The van der Waals surface area contributed by atoms with Crippen molar-refractivity contribution in [2.45, 2.75) is 58.7 Å². The number of fused-ring (bicyclic) bond motifs is 1. The van der Waals surface area contributed by atoms with Crippen LogP contribution in [0.15, 0.2) is 96.8 Å². The number of aromatic amines is 1. The molecule has 286 valence electrons. The average molecular weight is 741 g/mol. The number of ether oxygens (including phenoxy) is 1. The zero-order chi connectivity index (χ0) is 39.8. The second-order valence-electron chi connectivity index (χ2n) is 13.4. The number of aliphatic carboxylic acids is 1. The van der Waals surface area contributed by atoms with Gasteiger partial charge in [-0.3, -0.25) is 19.2 Å². The van der Waals surface area contributed by atoms with Gasteiger partial charge in [0, 0.05) is 35.4 Å². The summed E-state index contributed by atoms with van der Waals surface area (Å²) in [6.45, 7) is 6.24. The van der Waals surface area contributed by atoms with Gasteiger partial charge in [0.15, 0.2) is 0 Å². The summed E-state index contributed by atoms with van der Waals surface area (Å²) in [4.78, 5) is 75.8. The molecule has 0 saturated heterocycles. The van der Waals surface area contributed by atoms with Crippen LogP contribution in [0, 0.1) is 5.41 Å². The molecule has 0 aliphatic rings. The number of nitrogens with one attached hydrogen (secondary N) is 5. The Kier molecular flexibility index (Phi) is 15.7. The first-order valence-electron chi connectivity index (χ1n) is 17.2. The van der Waals surface area contributed by atoms with Gasteiger partial charge in [-0.15, -0.1) is 0 Å². The second kappa shape index (κ2) is 20.1. The Morgan fingerprint density at radius 1 is 0.852 bits per heavy atom. The molecule has 14 nitrogen and oxygen atoms in total. The number of hydrogen-bond acceptors (Lipinski definition) is 8. The highest BCUT2D eigenvalue weighted by molar-refractivity contribution is 6.03. The van der Waals surface area contributed by atoms with Crippen LogP contribution in [0.5, 0.6) is 0 Å². The van der Waals surface area contributed by atoms with E-state index in [0.717, 1.165) is 22.0 Å². The van der Waals surface area contributed by atoms with Gasteiger partial charge in [-0.2, -0.15) is 0 Å². The quantitative estimate of drug-likeness (QED) is 0.0745. The van der Waals surface area contributed by atoms with Gasteiger partial charge in [0.1, 0.15) is 17.8 Å². The molecule has 0 bridgehead atoms. The maximum atomic E-state index is 12.8. The van der Waals surface area contributed by atoms with Crippen molar-refractivity contribution >= 4 is 52.5 Å². The van der Waals surface area contributed by atoms with Gasteiger partial charge in [-0.1, -0.05) is 99.6 Å². The van der Waals surface area contributed by atoms with Crippen molar-refractivity contribution in [2.24, 2.45) is 11.1 Å². The second-order valence-corrected chi connectivity index (χ2v) is 13.4. The maximum absolute atomic E-state index is 12.8. The van der Waals surface area contributed by atoms with E-state index < -0.39 is 53.8 Å². The fraction of sp³-hybridized carbons (Fsp3) is 0.300. The summed E-state index contributed by atoms with van der Waals surface area (Å²) < 4.78 is 4.67. The number of para-hydroxylation sites is 1. The predicted molar refractivity (Wildman–Crippen MR) is 204 cm³/mol. The van der Waals surface area contributed by atoms with E-state index in [1.807, 2.05) is 60.7 Å². The molecule has 0 radical (unpaired) electrons. The largest absolute Gasteiger partial charge is 0.480 e. The van der Waals surface area contributed by atoms with Gasteiger partial charge in [-0.05, 0) is 35.8 Å². The first kappa shape index (κ1) is 42.1. The highest BCUT2D eigenvalue weighted by atomic mass is 16.5. The molecule has 0 fully saturated rings. The van der Waals surface area contributed by atoms with Crippen molar-refractivity contribution in [3.8, 4) is 0 Å². The molecular formula is C40H48N6O8. The number of nitrogens with two attached hydrogens (primary N) is 1. The molecule has 0 aliphatic carbocycles. The van der Waals surface area contributed by atoms with E-state index in [-0.39, 0.29) is 23.9 Å². The number of carboxylic acid groups (broad SMARTS) is 1. The molecule has 1 aromatic heterocycles. The Morgan fingerprint density at radius 2 is 1.46 bits per heavy atom. The van der Waals surface area contributed by atoms with Crippen molar-refractivity contribution in [1.29, 1.82) is 0 Å². The van der Waals surface area contributed by atoms with Crippen molar-refractivity contribution in [3.05, 3.63) is 114 Å². The molecule has 3 aromatic carbocycles. The molecule has 4 rings (SSSR count). The number of H-pyrrole nitrogens is 1. The van der Waals surface area contributed by atoms with Gasteiger partial charge in [0.2, 0.25) is 17.7 Å². The van der Waals surface area contributed by atoms with Crippen LogP contribution < -0.4 is 27.0 Å². The summed E-state index contributed by atoms with van der Waals surface area (Å²) in [5.74, 6) is -3.75. The summed E-state index contributed by atoms with van der Waals surface area (Å²) in [5.41, 5.74) is 7.93. The van der Waals surface area contributed by atoms with E-state index >= 15 is 0 Å². The van der Waals surface area contributed by atoms with E-state index in [2.05, 4.69) is 31.0 Å². The summed E-state index contributed by atoms with van der Waals surface area (Å²) in [6, 6.07) is 23.2. The number of benzene rings is 3. The third kappa shape index (κ3) is 13.4. The molecule has 54 heavy (non-hydrogen) atoms. The monoisotopic (exact) mass is 740 g/mol. The number of methoxy groups -OCH3 is 1. The topological polar surface area (TPSA) is 222 Å². The lowest BCUT2D eigenvalue weighted by Crippen LogP contribution is -2.48. The summed E-state index contributed by atoms with van der Waals surface area (Å²) in [7, 11) is 1.29. The number of hydrogen-bond donors (Lipinski definition) is 7. The number of rotatable bonds is 14. The Hall–Kier alpha value is -6.28. The van der Waals surface area contributed by atoms with Gasteiger partial charge >= 0.3 is 11.9 Å². The van der Waals surface area contributed by atoms with Crippen LogP contribution in [0.4, 0.5) is 0 Å². The fourth-order valence-corrected chi connectivity index (χ4v) is 4.89. The van der Waals surface area contributed by atoms with E-state index in [0.29, 0.717) is 12.0 Å². The minimum atomic E-state index is -1.19. The standard InChI is InChI=1S/C27H30N4O5.C13H18N2O3/c1-27(2,3)26(36)31-21(13-17-9-5-4-6-10-17)24(33)29-16-23(32)30-22(25(34)35)14-18-15-28-20-12-8-7-11-19(18)20;1-9(14)12(16)15-11(13(17)18-2)8-10-6-4-3-5-7-10/h4-13,15,22,28H,14,16H2,1-3H3,(H,29,33)(H,30,32)(H,31,36)(H,34,35);3-7,9,11H,8,14H2,1-2H3,(H,15,16)/b21-13-;. The number of carboxylic acids is 1. The summed E-state index contributed by atoms with van der Waals surface area (Å²) >= 11 is 0. The van der Waals surface area contributed by atoms with Crippen molar-refractivity contribution in [3.63, 3.8) is 0 Å². The lowest BCUT2D eigenvalue weighted by Gasteiger charge is -2.19. The Balaban J connectivity index is 0.000000366. The van der Waals surface area contributed by atoms with Gasteiger partial charge in [-0.25, -0.2) is 9.59 Å². The smallest absolute Gasteiger partial charge is 0.328 e. The minimum absolute atomic E-state index is 0.0255. The Labute approximate surface area is 313 Å². The first-order chi connectivity index (χ1) is 25.6. The average Bonchev–Trinajstić information content (AvgIpc) is 3.55. The van der Waals surface area contributed by atoms with Gasteiger partial charge in [0.05, 0.1) is 19.7 Å². The first-order valence-corrected chi connectivity index (χ1v) is 17.2. The van der Waals surface area contributed by atoms with Crippen LogP contribution in [-0.4, -0.2) is 77.4 Å². The summed E-state index contributed by atoms with van der Waals surface area (Å²) in [5, 5.41) is 20.6. The molecule has 3 atom stereocenters. The molecule has 0 saturated carbocycles. The van der Waals surface area contributed by atoms with Gasteiger partial charge in [0.25, 0.3) is 5.91 Å². The third-order valence-electron chi connectivity index (χ3n) is 7.92. The SMILES string of the molecule is CC(C)(C)C(=O)N/C(=C\c1ccccc1)C(=O)NCC(=O)NC(Cc1c[nH]c2ccccc12)C(=O)O.COC(=O)C(Cc1ccccc1)NC(=O)C(C)N. The number of carbonyl (C=O) groups is 6. The van der Waals surface area contributed by atoms with Gasteiger partial charge < -0.3 is 41.8 Å². The number of amides is 4. The van der Waals surface area contributed by atoms with Crippen molar-refractivity contribution in [2.75, 3.05) is 13.7 Å². The molecular weight excluding hydrogens is 692 g/mol. The van der Waals surface area contributed by atoms with E-state index in [1.54, 1.807) is 58.2 Å².